The van der Waals surface area contributed by atoms with Crippen molar-refractivity contribution in [2.75, 3.05) is 7.05 Å². The highest BCUT2D eigenvalue weighted by Gasteiger charge is 2.53. The van der Waals surface area contributed by atoms with E-state index in [0.717, 1.165) is 0 Å². The van der Waals surface area contributed by atoms with Crippen LogP contribution in [0.2, 0.25) is 0 Å². The normalized spacial score (nSPS) is 19.9. The fourth-order valence-corrected chi connectivity index (χ4v) is 1.98. The molecule has 108 valence electrons. The van der Waals surface area contributed by atoms with E-state index < -0.39 is 18.3 Å². The van der Waals surface area contributed by atoms with Crippen LogP contribution in [0.5, 0.6) is 5.75 Å². The van der Waals surface area contributed by atoms with E-state index in [1.165, 1.54) is 19.4 Å². The molecule has 0 unspecified atom stereocenters. The van der Waals surface area contributed by atoms with Gasteiger partial charge in [0.05, 0.1) is 23.0 Å². The van der Waals surface area contributed by atoms with Gasteiger partial charge in [0.15, 0.2) is 0 Å². The van der Waals surface area contributed by atoms with Gasteiger partial charge in [0.2, 0.25) is 0 Å². The first-order chi connectivity index (χ1) is 9.19. The van der Waals surface area contributed by atoms with Crippen LogP contribution in [0.15, 0.2) is 12.4 Å². The molecule has 20 heavy (non-hydrogen) atoms. The molecule has 2 heterocycles. The van der Waals surface area contributed by atoms with Gasteiger partial charge in [-0.25, -0.2) is 0 Å². The van der Waals surface area contributed by atoms with E-state index in [1.54, 1.807) is 0 Å². The molecule has 0 saturated carbocycles. The lowest BCUT2D eigenvalue weighted by molar-refractivity contribution is 0.00578. The highest BCUT2D eigenvalue weighted by Crippen LogP contribution is 2.37. The van der Waals surface area contributed by atoms with Crippen LogP contribution in [0.3, 0.4) is 0 Å². The Kier molecular flexibility index (Phi) is 3.52. The molecule has 1 aliphatic heterocycles. The highest BCUT2D eigenvalue weighted by atomic mass is 16.7. The van der Waals surface area contributed by atoms with Gasteiger partial charge in [-0.1, -0.05) is 0 Å². The largest absolute Gasteiger partial charge is 0.507 e. The van der Waals surface area contributed by atoms with Crippen LogP contribution in [-0.2, 0) is 9.31 Å². The summed E-state index contributed by atoms with van der Waals surface area (Å²) >= 11 is 0. The summed E-state index contributed by atoms with van der Waals surface area (Å²) in [7, 11) is 0.704. The summed E-state index contributed by atoms with van der Waals surface area (Å²) in [6, 6.07) is 0. The zero-order chi connectivity index (χ0) is 15.1. The number of hydrogen-bond acceptors (Lipinski definition) is 5. The Morgan fingerprint density at radius 2 is 1.80 bits per heavy atom. The molecule has 1 aliphatic rings. The van der Waals surface area contributed by atoms with E-state index in [0.29, 0.717) is 5.46 Å². The third-order valence-electron chi connectivity index (χ3n) is 3.93. The van der Waals surface area contributed by atoms with Crippen LogP contribution in [0, 0.1) is 0 Å². The van der Waals surface area contributed by atoms with Gasteiger partial charge in [0, 0.05) is 18.7 Å². The zero-order valence-electron chi connectivity index (χ0n) is 12.4. The molecular weight excluding hydrogens is 259 g/mol. The summed E-state index contributed by atoms with van der Waals surface area (Å²) in [6.45, 7) is 7.63. The summed E-state index contributed by atoms with van der Waals surface area (Å²) in [4.78, 5) is 15.7. The van der Waals surface area contributed by atoms with Crippen LogP contribution >= 0.6 is 0 Å². The number of aromatic nitrogens is 1. The van der Waals surface area contributed by atoms with Gasteiger partial charge < -0.3 is 19.7 Å². The molecular formula is C13H19BN2O4. The standard InChI is InChI=1S/C13H19BN2O4/c1-12(2)13(3,4)20-14(19-12)10-8(11(18)15-5)6-16-7-9(10)17/h6-7,17H,1-5H3,(H,15,18). The number of rotatable bonds is 2. The first kappa shape index (κ1) is 14.8. The second-order valence-electron chi connectivity index (χ2n) is 5.79. The van der Waals surface area contributed by atoms with Crippen molar-refractivity contribution in [1.29, 1.82) is 0 Å². The fourth-order valence-electron chi connectivity index (χ4n) is 1.98. The molecule has 0 atom stereocenters. The molecule has 0 bridgehead atoms. The maximum Gasteiger partial charge on any atom is 0.499 e. The summed E-state index contributed by atoms with van der Waals surface area (Å²) in [6.07, 6.45) is 2.66. The number of carbonyl (C=O) groups excluding carboxylic acids is 1. The van der Waals surface area contributed by atoms with Gasteiger partial charge >= 0.3 is 7.12 Å². The fraction of sp³-hybridized carbons (Fsp3) is 0.538. The Hall–Kier alpha value is -1.60. The van der Waals surface area contributed by atoms with Gasteiger partial charge in [0.1, 0.15) is 5.75 Å². The van der Waals surface area contributed by atoms with E-state index in [2.05, 4.69) is 10.3 Å². The maximum atomic E-state index is 11.9. The van der Waals surface area contributed by atoms with Gasteiger partial charge in [-0.3, -0.25) is 9.78 Å². The summed E-state index contributed by atoms with van der Waals surface area (Å²) in [5, 5.41) is 12.5. The Labute approximate surface area is 118 Å². The molecule has 1 aromatic rings. The smallest absolute Gasteiger partial charge is 0.499 e. The van der Waals surface area contributed by atoms with Crippen molar-refractivity contribution in [1.82, 2.24) is 10.3 Å². The van der Waals surface area contributed by atoms with Crippen molar-refractivity contribution in [3.63, 3.8) is 0 Å². The number of nitrogens with one attached hydrogen (secondary N) is 1. The Balaban J connectivity index is 2.47. The lowest BCUT2D eigenvalue weighted by atomic mass is 9.75. The summed E-state index contributed by atoms with van der Waals surface area (Å²) in [5.41, 5.74) is -0.551. The van der Waals surface area contributed by atoms with Crippen LogP contribution in [0.1, 0.15) is 38.1 Å². The van der Waals surface area contributed by atoms with E-state index in [1.807, 2.05) is 27.7 Å². The Morgan fingerprint density at radius 1 is 1.25 bits per heavy atom. The first-order valence-corrected chi connectivity index (χ1v) is 6.44. The van der Waals surface area contributed by atoms with Crippen molar-refractivity contribution in [2.24, 2.45) is 0 Å². The van der Waals surface area contributed by atoms with E-state index in [9.17, 15) is 9.90 Å². The Morgan fingerprint density at radius 3 is 2.30 bits per heavy atom. The van der Waals surface area contributed by atoms with E-state index >= 15 is 0 Å². The molecule has 1 fully saturated rings. The van der Waals surface area contributed by atoms with Gasteiger partial charge in [-0.15, -0.1) is 0 Å². The lowest BCUT2D eigenvalue weighted by Gasteiger charge is -2.32. The average molecular weight is 278 g/mol. The van der Waals surface area contributed by atoms with Crippen LogP contribution in [0.25, 0.3) is 0 Å². The highest BCUT2D eigenvalue weighted by molar-refractivity contribution is 6.64. The van der Waals surface area contributed by atoms with Crippen molar-refractivity contribution < 1.29 is 19.2 Å². The number of aromatic hydroxyl groups is 1. The molecule has 0 radical (unpaired) electrons. The molecule has 6 nitrogen and oxygen atoms in total. The zero-order valence-corrected chi connectivity index (χ0v) is 12.4. The number of pyridine rings is 1. The molecule has 2 N–H and O–H groups in total. The molecule has 2 rings (SSSR count). The van der Waals surface area contributed by atoms with Crippen LogP contribution in [0.4, 0.5) is 0 Å². The third kappa shape index (κ3) is 2.27. The number of nitrogens with zero attached hydrogens (tertiary/aromatic N) is 1. The molecule has 7 heteroatoms. The van der Waals surface area contributed by atoms with Gasteiger partial charge in [-0.05, 0) is 27.7 Å². The van der Waals surface area contributed by atoms with Crippen LogP contribution in [-0.4, -0.2) is 41.4 Å². The molecule has 1 aromatic heterocycles. The average Bonchev–Trinajstić information content (AvgIpc) is 2.56. The van der Waals surface area contributed by atoms with Crippen molar-refractivity contribution in [2.45, 2.75) is 38.9 Å². The number of carbonyl (C=O) groups is 1. The summed E-state index contributed by atoms with van der Waals surface area (Å²) in [5.74, 6) is -0.470. The molecule has 1 saturated heterocycles. The second-order valence-corrected chi connectivity index (χ2v) is 5.79. The minimum absolute atomic E-state index is 0.121. The SMILES string of the molecule is CNC(=O)c1cncc(O)c1B1OC(C)(C)C(C)(C)O1. The molecule has 0 aliphatic carbocycles. The minimum atomic E-state index is -0.810. The van der Waals surface area contributed by atoms with Crippen molar-refractivity contribution in [3.05, 3.63) is 18.0 Å². The second kappa shape index (κ2) is 4.75. The third-order valence-corrected chi connectivity index (χ3v) is 3.93. The molecule has 0 aromatic carbocycles. The number of hydrogen-bond donors (Lipinski definition) is 2. The van der Waals surface area contributed by atoms with E-state index in [4.69, 9.17) is 9.31 Å². The molecule has 1 amide bonds. The topological polar surface area (TPSA) is 80.7 Å². The maximum absolute atomic E-state index is 11.9. The summed E-state index contributed by atoms with van der Waals surface area (Å²) < 4.78 is 11.8. The van der Waals surface area contributed by atoms with Crippen molar-refractivity contribution in [3.8, 4) is 5.75 Å². The minimum Gasteiger partial charge on any atom is -0.507 e. The van der Waals surface area contributed by atoms with E-state index in [-0.39, 0.29) is 17.2 Å². The predicted molar refractivity (Wildman–Crippen MR) is 75.0 cm³/mol. The first-order valence-electron chi connectivity index (χ1n) is 6.44. The lowest BCUT2D eigenvalue weighted by Crippen LogP contribution is -2.41. The number of amides is 1. The monoisotopic (exact) mass is 278 g/mol. The van der Waals surface area contributed by atoms with Crippen molar-refractivity contribution >= 4 is 18.5 Å². The molecule has 0 spiro atoms. The van der Waals surface area contributed by atoms with Gasteiger partial charge in [0.25, 0.3) is 5.91 Å². The van der Waals surface area contributed by atoms with Gasteiger partial charge in [-0.2, -0.15) is 0 Å². The van der Waals surface area contributed by atoms with Crippen LogP contribution < -0.4 is 10.8 Å². The Bertz CT molecular complexity index is 529. The quantitative estimate of drug-likeness (QED) is 0.767. The predicted octanol–water partition coefficient (Wildman–Crippen LogP) is 0.446.